The molecule has 0 aliphatic rings. The molecule has 1 aromatic carbocycles. The minimum Gasteiger partial charge on any atom is -0.496 e. The highest BCUT2D eigenvalue weighted by atomic mass is 35.5. The van der Waals surface area contributed by atoms with Gasteiger partial charge in [-0.2, -0.15) is 0 Å². The standard InChI is InChI=1S/C15H16ClNO4/c1-20-13-7-6-10(16)8-11(13)12-9-21-14(17-12)4-2-3-5-15(18)19/h6-9H,2-5H2,1H3,(H,18,19). The number of oxazole rings is 1. The van der Waals surface area contributed by atoms with Crippen molar-refractivity contribution in [2.75, 3.05) is 7.11 Å². The number of carboxylic acids is 1. The molecule has 0 saturated carbocycles. The van der Waals surface area contributed by atoms with Gasteiger partial charge in [-0.1, -0.05) is 11.6 Å². The van der Waals surface area contributed by atoms with Gasteiger partial charge < -0.3 is 14.3 Å². The number of carbonyl (C=O) groups is 1. The Morgan fingerprint density at radius 1 is 1.43 bits per heavy atom. The van der Waals surface area contributed by atoms with Crippen molar-refractivity contribution in [1.82, 2.24) is 4.98 Å². The van der Waals surface area contributed by atoms with E-state index >= 15 is 0 Å². The first-order chi connectivity index (χ1) is 10.1. The second-order valence-corrected chi connectivity index (χ2v) is 5.01. The van der Waals surface area contributed by atoms with Crippen LogP contribution in [0.2, 0.25) is 5.02 Å². The largest absolute Gasteiger partial charge is 0.496 e. The van der Waals surface area contributed by atoms with E-state index in [1.54, 1.807) is 31.6 Å². The van der Waals surface area contributed by atoms with Crippen LogP contribution in [0.15, 0.2) is 28.9 Å². The molecule has 0 bridgehead atoms. The monoisotopic (exact) mass is 309 g/mol. The van der Waals surface area contributed by atoms with Crippen molar-refractivity contribution in [1.29, 1.82) is 0 Å². The fourth-order valence-electron chi connectivity index (χ4n) is 1.98. The average Bonchev–Trinajstić information content (AvgIpc) is 2.92. The maximum atomic E-state index is 10.4. The van der Waals surface area contributed by atoms with Crippen LogP contribution in [0.5, 0.6) is 5.75 Å². The number of hydrogen-bond donors (Lipinski definition) is 1. The van der Waals surface area contributed by atoms with Gasteiger partial charge in [-0.3, -0.25) is 4.79 Å². The predicted octanol–water partition coefficient (Wildman–Crippen LogP) is 3.80. The zero-order valence-corrected chi connectivity index (χ0v) is 12.4. The molecule has 0 unspecified atom stereocenters. The zero-order valence-electron chi connectivity index (χ0n) is 11.6. The van der Waals surface area contributed by atoms with Crippen LogP contribution in [0.1, 0.15) is 25.2 Å². The third-order valence-electron chi connectivity index (χ3n) is 3.02. The highest BCUT2D eigenvalue weighted by Gasteiger charge is 2.12. The van der Waals surface area contributed by atoms with Crippen LogP contribution in [0.25, 0.3) is 11.3 Å². The molecule has 0 amide bonds. The van der Waals surface area contributed by atoms with Gasteiger partial charge in [-0.15, -0.1) is 0 Å². The number of ether oxygens (including phenoxy) is 1. The number of halogens is 1. The Morgan fingerprint density at radius 2 is 2.24 bits per heavy atom. The summed E-state index contributed by atoms with van der Waals surface area (Å²) in [5.74, 6) is 0.467. The number of aryl methyl sites for hydroxylation is 1. The Bertz CT molecular complexity index is 624. The van der Waals surface area contributed by atoms with Gasteiger partial charge in [0.1, 0.15) is 17.7 Å². The van der Waals surface area contributed by atoms with Crippen molar-refractivity contribution in [2.45, 2.75) is 25.7 Å². The number of aromatic nitrogens is 1. The number of methoxy groups -OCH3 is 1. The molecule has 5 nitrogen and oxygen atoms in total. The van der Waals surface area contributed by atoms with Crippen molar-refractivity contribution in [3.05, 3.63) is 35.4 Å². The van der Waals surface area contributed by atoms with Gasteiger partial charge in [-0.25, -0.2) is 4.98 Å². The quantitative estimate of drug-likeness (QED) is 0.787. The number of rotatable bonds is 7. The molecule has 0 atom stereocenters. The van der Waals surface area contributed by atoms with Crippen molar-refractivity contribution < 1.29 is 19.1 Å². The summed E-state index contributed by atoms with van der Waals surface area (Å²) in [6.07, 6.45) is 3.65. The first-order valence-electron chi connectivity index (χ1n) is 6.60. The molecule has 0 fully saturated rings. The number of aliphatic carboxylic acids is 1. The second-order valence-electron chi connectivity index (χ2n) is 4.57. The Hall–Kier alpha value is -2.01. The lowest BCUT2D eigenvalue weighted by Gasteiger charge is -2.05. The van der Waals surface area contributed by atoms with Gasteiger partial charge in [0.05, 0.1) is 7.11 Å². The molecular formula is C15H16ClNO4. The molecule has 0 radical (unpaired) electrons. The summed E-state index contributed by atoms with van der Waals surface area (Å²) in [5.41, 5.74) is 1.42. The van der Waals surface area contributed by atoms with Crippen LogP contribution in [-0.4, -0.2) is 23.2 Å². The summed E-state index contributed by atoms with van der Waals surface area (Å²) in [5, 5.41) is 9.18. The van der Waals surface area contributed by atoms with Crippen molar-refractivity contribution in [3.8, 4) is 17.0 Å². The highest BCUT2D eigenvalue weighted by Crippen LogP contribution is 2.32. The number of benzene rings is 1. The summed E-state index contributed by atoms with van der Waals surface area (Å²) in [4.78, 5) is 14.8. The maximum absolute atomic E-state index is 10.4. The Balaban J connectivity index is 2.06. The third kappa shape index (κ3) is 4.23. The molecule has 6 heteroatoms. The molecule has 112 valence electrons. The van der Waals surface area contributed by atoms with Gasteiger partial charge in [0, 0.05) is 23.4 Å². The van der Waals surface area contributed by atoms with E-state index in [4.69, 9.17) is 25.9 Å². The first kappa shape index (κ1) is 15.4. The molecule has 0 aliphatic heterocycles. The zero-order chi connectivity index (χ0) is 15.2. The van der Waals surface area contributed by atoms with Gasteiger partial charge in [0.25, 0.3) is 0 Å². The topological polar surface area (TPSA) is 72.6 Å². The maximum Gasteiger partial charge on any atom is 0.303 e. The summed E-state index contributed by atoms with van der Waals surface area (Å²) < 4.78 is 10.7. The molecule has 1 aromatic heterocycles. The SMILES string of the molecule is COc1ccc(Cl)cc1-c1coc(CCCCC(=O)O)n1. The highest BCUT2D eigenvalue weighted by molar-refractivity contribution is 6.30. The molecular weight excluding hydrogens is 294 g/mol. The van der Waals surface area contributed by atoms with Crippen molar-refractivity contribution in [3.63, 3.8) is 0 Å². The minimum atomic E-state index is -0.785. The van der Waals surface area contributed by atoms with Gasteiger partial charge in [0.2, 0.25) is 0 Å². The minimum absolute atomic E-state index is 0.162. The summed E-state index contributed by atoms with van der Waals surface area (Å²) in [7, 11) is 1.58. The lowest BCUT2D eigenvalue weighted by Crippen LogP contribution is -1.95. The Kier molecular flexibility index (Phi) is 5.22. The lowest BCUT2D eigenvalue weighted by atomic mass is 10.1. The average molecular weight is 310 g/mol. The fourth-order valence-corrected chi connectivity index (χ4v) is 2.15. The summed E-state index contributed by atoms with van der Waals surface area (Å²) in [6, 6.07) is 5.29. The predicted molar refractivity (Wildman–Crippen MR) is 78.7 cm³/mol. The van der Waals surface area contributed by atoms with Gasteiger partial charge in [-0.05, 0) is 31.0 Å². The molecule has 21 heavy (non-hydrogen) atoms. The van der Waals surface area contributed by atoms with Gasteiger partial charge >= 0.3 is 5.97 Å². The van der Waals surface area contributed by atoms with Crippen LogP contribution in [0, 0.1) is 0 Å². The third-order valence-corrected chi connectivity index (χ3v) is 3.26. The normalized spacial score (nSPS) is 10.6. The van der Waals surface area contributed by atoms with E-state index in [9.17, 15) is 4.79 Å². The Labute approximate surface area is 127 Å². The van der Waals surface area contributed by atoms with E-state index in [2.05, 4.69) is 4.98 Å². The van der Waals surface area contributed by atoms with Crippen LogP contribution in [0.4, 0.5) is 0 Å². The number of carboxylic acid groups (broad SMARTS) is 1. The van der Waals surface area contributed by atoms with Gasteiger partial charge in [0.15, 0.2) is 5.89 Å². The summed E-state index contributed by atoms with van der Waals surface area (Å²) >= 11 is 5.99. The molecule has 0 spiro atoms. The Morgan fingerprint density at radius 3 is 2.95 bits per heavy atom. The first-order valence-corrected chi connectivity index (χ1v) is 6.98. The van der Waals surface area contributed by atoms with Crippen LogP contribution in [0.3, 0.4) is 0 Å². The molecule has 2 rings (SSSR count). The molecule has 2 aromatic rings. The molecule has 0 aliphatic carbocycles. The van der Waals surface area contributed by atoms with E-state index in [1.165, 1.54) is 0 Å². The van der Waals surface area contributed by atoms with E-state index < -0.39 is 5.97 Å². The van der Waals surface area contributed by atoms with E-state index in [0.29, 0.717) is 35.2 Å². The second kappa shape index (κ2) is 7.13. The van der Waals surface area contributed by atoms with Crippen LogP contribution < -0.4 is 4.74 Å². The van der Waals surface area contributed by atoms with E-state index in [1.807, 2.05) is 0 Å². The van der Waals surface area contributed by atoms with E-state index in [-0.39, 0.29) is 6.42 Å². The molecule has 1 heterocycles. The van der Waals surface area contributed by atoms with Crippen LogP contribution in [-0.2, 0) is 11.2 Å². The lowest BCUT2D eigenvalue weighted by molar-refractivity contribution is -0.137. The molecule has 1 N–H and O–H groups in total. The van der Waals surface area contributed by atoms with Crippen LogP contribution >= 0.6 is 11.6 Å². The van der Waals surface area contributed by atoms with Crippen molar-refractivity contribution in [2.24, 2.45) is 0 Å². The molecule has 0 saturated heterocycles. The summed E-state index contributed by atoms with van der Waals surface area (Å²) in [6.45, 7) is 0. The van der Waals surface area contributed by atoms with E-state index in [0.717, 1.165) is 12.0 Å². The number of hydrogen-bond acceptors (Lipinski definition) is 4. The fraction of sp³-hybridized carbons (Fsp3) is 0.333. The number of nitrogens with zero attached hydrogens (tertiary/aromatic N) is 1. The number of unbranched alkanes of at least 4 members (excludes halogenated alkanes) is 1. The van der Waals surface area contributed by atoms with Crippen molar-refractivity contribution >= 4 is 17.6 Å². The smallest absolute Gasteiger partial charge is 0.303 e.